The molecular formula is C4H13AlO4P2. The molecule has 2 N–H and O–H groups in total. The van der Waals surface area contributed by atoms with Crippen LogP contribution in [0, 0.1) is 0 Å². The van der Waals surface area contributed by atoms with Crippen LogP contribution in [0.5, 0.6) is 0 Å². The summed E-state index contributed by atoms with van der Waals surface area (Å²) in [7, 11) is -4.92. The molecule has 4 unspecified atom stereocenters. The molecule has 0 aliphatic heterocycles. The van der Waals surface area contributed by atoms with Crippen LogP contribution in [0.15, 0.2) is 0 Å². The average Bonchev–Trinajstić information content (AvgIpc) is 1.87. The first-order chi connectivity index (χ1) is 4.95. The lowest BCUT2D eigenvalue weighted by molar-refractivity contribution is 0.499. The van der Waals surface area contributed by atoms with E-state index in [1.807, 2.05) is 0 Å². The van der Waals surface area contributed by atoms with E-state index in [1.165, 1.54) is 0 Å². The Hall–Kier alpha value is 0.912. The van der Waals surface area contributed by atoms with Gasteiger partial charge in [-0.25, -0.2) is 0 Å². The van der Waals surface area contributed by atoms with E-state index in [-0.39, 0.29) is 9.04 Å². The molecule has 0 bridgehead atoms. The van der Waals surface area contributed by atoms with Crippen molar-refractivity contribution in [2.75, 3.05) is 0 Å². The Bertz CT molecular complexity index is 155. The molecule has 0 aromatic rings. The molecule has 0 heterocycles. The van der Waals surface area contributed by atoms with Crippen molar-refractivity contribution in [2.45, 2.75) is 22.9 Å². The van der Waals surface area contributed by atoms with Crippen molar-refractivity contribution in [1.29, 1.82) is 0 Å². The van der Waals surface area contributed by atoms with Crippen LogP contribution in [-0.4, -0.2) is 34.0 Å². The fourth-order valence-corrected chi connectivity index (χ4v) is 6.23. The minimum atomic E-state index is -2.46. The first kappa shape index (κ1) is 11.9. The van der Waals surface area contributed by atoms with Crippen LogP contribution in [0.2, 0.25) is 0 Å². The Morgan fingerprint density at radius 3 is 1.55 bits per heavy atom. The fourth-order valence-electron chi connectivity index (χ4n) is 0.732. The summed E-state index contributed by atoms with van der Waals surface area (Å²) in [6.07, 6.45) is 0. The molecule has 0 radical (unpaired) electrons. The van der Waals surface area contributed by atoms with Crippen LogP contribution < -0.4 is 0 Å². The highest BCUT2D eigenvalue weighted by molar-refractivity contribution is 7.45. The van der Waals surface area contributed by atoms with Gasteiger partial charge in [-0.05, 0) is 9.04 Å². The van der Waals surface area contributed by atoms with Gasteiger partial charge in [0.2, 0.25) is 0 Å². The molecule has 66 valence electrons. The highest BCUT2D eigenvalue weighted by atomic mass is 31.1. The Morgan fingerprint density at radius 1 is 1.09 bits per heavy atom. The Labute approximate surface area is 73.5 Å². The number of hydrogen-bond donors (Lipinski definition) is 2. The predicted molar refractivity (Wildman–Crippen MR) is 48.5 cm³/mol. The van der Waals surface area contributed by atoms with Gasteiger partial charge in [0.1, 0.15) is 0 Å². The van der Waals surface area contributed by atoms with Crippen molar-refractivity contribution in [3.63, 3.8) is 0 Å². The minimum absolute atomic E-state index is 0.212. The van der Waals surface area contributed by atoms with Gasteiger partial charge in [0.05, 0.1) is 0 Å². The molecule has 0 rings (SSSR count). The van der Waals surface area contributed by atoms with Crippen LogP contribution in [0.3, 0.4) is 0 Å². The standard InChI is InChI=1S/2C2H6O2P.Al.H/c2*1-2-5(3)4;;/h2*2,5H,1H3,(H,3,4);;. The largest absolute Gasteiger partial charge is 0.347 e. The lowest BCUT2D eigenvalue weighted by atomic mass is 10.9. The number of hydrogen-bond acceptors (Lipinski definition) is 2. The van der Waals surface area contributed by atoms with Crippen LogP contribution >= 0.6 is 16.1 Å². The molecule has 7 heteroatoms. The van der Waals surface area contributed by atoms with Crippen molar-refractivity contribution in [1.82, 2.24) is 0 Å². The van der Waals surface area contributed by atoms with Crippen molar-refractivity contribution in [3.05, 3.63) is 0 Å². The van der Waals surface area contributed by atoms with Gasteiger partial charge in [0.25, 0.3) is 15.2 Å². The van der Waals surface area contributed by atoms with E-state index >= 15 is 0 Å². The summed E-state index contributed by atoms with van der Waals surface area (Å²) < 4.78 is 20.6. The fraction of sp³-hybridized carbons (Fsp3) is 1.00. The number of rotatable bonds is 4. The van der Waals surface area contributed by atoms with E-state index in [1.54, 1.807) is 13.8 Å². The highest BCUT2D eigenvalue weighted by Gasteiger charge is 2.19. The maximum absolute atomic E-state index is 10.5. The molecule has 0 saturated heterocycles. The SMILES string of the molecule is C[CH]([AlH][CH](C)[PH](=O)O)[PH](=O)O. The summed E-state index contributed by atoms with van der Waals surface area (Å²) in [4.78, 5) is 17.3. The van der Waals surface area contributed by atoms with Gasteiger partial charge in [-0.1, -0.05) is 13.8 Å². The molecule has 0 amide bonds. The maximum Gasteiger partial charge on any atom is 0.272 e. The summed E-state index contributed by atoms with van der Waals surface area (Å²) >= 11 is -0.869. The summed E-state index contributed by atoms with van der Waals surface area (Å²) in [5, 5.41) is 0. The molecular weight excluding hydrogens is 201 g/mol. The molecule has 0 aliphatic rings. The summed E-state index contributed by atoms with van der Waals surface area (Å²) in [6, 6.07) is 0. The Balaban J connectivity index is 3.84. The van der Waals surface area contributed by atoms with Crippen molar-refractivity contribution in [2.24, 2.45) is 0 Å². The highest BCUT2D eigenvalue weighted by Crippen LogP contribution is 2.27. The predicted octanol–water partition coefficient (Wildman–Crippen LogP) is 0.0489. The third-order valence-corrected chi connectivity index (χ3v) is 8.16. The molecule has 0 aromatic carbocycles. The van der Waals surface area contributed by atoms with Crippen LogP contribution in [0.25, 0.3) is 0 Å². The van der Waals surface area contributed by atoms with E-state index in [0.717, 1.165) is 0 Å². The maximum atomic E-state index is 10.5. The lowest BCUT2D eigenvalue weighted by Crippen LogP contribution is -2.18. The smallest absolute Gasteiger partial charge is 0.272 e. The third kappa shape index (κ3) is 5.20. The van der Waals surface area contributed by atoms with Crippen molar-refractivity contribution < 1.29 is 18.9 Å². The van der Waals surface area contributed by atoms with E-state index < -0.39 is 31.3 Å². The Morgan fingerprint density at radius 2 is 1.36 bits per heavy atom. The molecule has 0 spiro atoms. The van der Waals surface area contributed by atoms with E-state index in [0.29, 0.717) is 0 Å². The Kier molecular flexibility index (Phi) is 6.00. The zero-order valence-electron chi connectivity index (χ0n) is 6.57. The molecule has 0 aliphatic carbocycles. The van der Waals surface area contributed by atoms with Gasteiger partial charge in [-0.15, -0.1) is 0 Å². The second-order valence-corrected chi connectivity index (χ2v) is 10.6. The quantitative estimate of drug-likeness (QED) is 0.512. The van der Waals surface area contributed by atoms with Gasteiger partial charge in [-0.2, -0.15) is 0 Å². The molecule has 0 saturated carbocycles. The molecule has 0 aromatic heterocycles. The van der Waals surface area contributed by atoms with Crippen LogP contribution in [0.1, 0.15) is 13.8 Å². The van der Waals surface area contributed by atoms with Gasteiger partial charge in [0, 0.05) is 0 Å². The van der Waals surface area contributed by atoms with Gasteiger partial charge in [-0.3, -0.25) is 9.13 Å². The first-order valence-electron chi connectivity index (χ1n) is 3.40. The summed E-state index contributed by atoms with van der Waals surface area (Å²) in [5.74, 6) is 0. The molecule has 11 heavy (non-hydrogen) atoms. The van der Waals surface area contributed by atoms with Gasteiger partial charge >= 0.3 is 0 Å². The molecule has 4 atom stereocenters. The van der Waals surface area contributed by atoms with Crippen molar-refractivity contribution in [3.8, 4) is 0 Å². The summed E-state index contributed by atoms with van der Waals surface area (Å²) in [6.45, 7) is 3.35. The normalized spacial score (nSPS) is 21.8. The second kappa shape index (κ2) is 5.54. The van der Waals surface area contributed by atoms with Gasteiger partial charge < -0.3 is 9.79 Å². The van der Waals surface area contributed by atoms with Crippen LogP contribution in [-0.2, 0) is 9.13 Å². The minimum Gasteiger partial charge on any atom is -0.347 e. The van der Waals surface area contributed by atoms with Crippen molar-refractivity contribution >= 4 is 31.3 Å². The van der Waals surface area contributed by atoms with Crippen LogP contribution in [0.4, 0.5) is 0 Å². The van der Waals surface area contributed by atoms with Gasteiger partial charge in [0.15, 0.2) is 16.1 Å². The molecule has 0 fully saturated rings. The zero-order chi connectivity index (χ0) is 9.02. The zero-order valence-corrected chi connectivity index (χ0v) is 9.99. The summed E-state index contributed by atoms with van der Waals surface area (Å²) in [5.41, 5.74) is 0. The third-order valence-electron chi connectivity index (χ3n) is 1.55. The van der Waals surface area contributed by atoms with E-state index in [4.69, 9.17) is 9.79 Å². The van der Waals surface area contributed by atoms with E-state index in [9.17, 15) is 9.13 Å². The topological polar surface area (TPSA) is 74.6 Å². The molecule has 4 nitrogen and oxygen atoms in total. The van der Waals surface area contributed by atoms with E-state index in [2.05, 4.69) is 0 Å². The monoisotopic (exact) mass is 214 g/mol. The average molecular weight is 214 g/mol. The first-order valence-corrected chi connectivity index (χ1v) is 7.90. The lowest BCUT2D eigenvalue weighted by Gasteiger charge is -2.08. The second-order valence-electron chi connectivity index (χ2n) is 2.71.